The van der Waals surface area contributed by atoms with Gasteiger partial charge in [0.2, 0.25) is 0 Å². The Labute approximate surface area is 98.5 Å². The molecular weight excluding hydrogens is 196 g/mol. The molecule has 0 aromatic carbocycles. The maximum Gasteiger partial charge on any atom is 0.0225 e. The molecule has 0 aromatic rings. The van der Waals surface area contributed by atoms with E-state index in [1.807, 2.05) is 0 Å². The van der Waals surface area contributed by atoms with Gasteiger partial charge in [0.15, 0.2) is 0 Å². The molecule has 0 aliphatic carbocycles. The van der Waals surface area contributed by atoms with Gasteiger partial charge in [0.25, 0.3) is 0 Å². The van der Waals surface area contributed by atoms with Crippen molar-refractivity contribution in [3.8, 4) is 0 Å². The van der Waals surface area contributed by atoms with E-state index in [4.69, 9.17) is 0 Å². The predicted molar refractivity (Wildman–Crippen MR) is 69.0 cm³/mol. The Morgan fingerprint density at radius 1 is 1.19 bits per heavy atom. The first-order chi connectivity index (χ1) is 7.85. The van der Waals surface area contributed by atoms with Gasteiger partial charge in [-0.1, -0.05) is 26.0 Å². The Balaban J connectivity index is 2.29. The summed E-state index contributed by atoms with van der Waals surface area (Å²) < 4.78 is 0. The van der Waals surface area contributed by atoms with E-state index >= 15 is 0 Å². The summed E-state index contributed by atoms with van der Waals surface area (Å²) in [7, 11) is 0. The first-order valence-corrected chi connectivity index (χ1v) is 6.43. The Morgan fingerprint density at radius 3 is 2.75 bits per heavy atom. The first kappa shape index (κ1) is 11.5. The predicted octanol–water partition coefficient (Wildman–Crippen LogP) is 2.86. The van der Waals surface area contributed by atoms with Crippen LogP contribution in [0.1, 0.15) is 39.5 Å². The Hall–Kier alpha value is -1.02. The van der Waals surface area contributed by atoms with Crippen molar-refractivity contribution >= 4 is 0 Å². The number of hydrogen-bond acceptors (Lipinski definition) is 2. The molecule has 0 atom stereocenters. The van der Waals surface area contributed by atoms with Crippen LogP contribution in [-0.4, -0.2) is 13.1 Å². The first-order valence-electron chi connectivity index (χ1n) is 6.43. The summed E-state index contributed by atoms with van der Waals surface area (Å²) >= 11 is 0. The van der Waals surface area contributed by atoms with Crippen LogP contribution in [0.15, 0.2) is 34.7 Å². The highest BCUT2D eigenvalue weighted by Crippen LogP contribution is 2.29. The van der Waals surface area contributed by atoms with Crippen LogP contribution in [0.5, 0.6) is 0 Å². The van der Waals surface area contributed by atoms with Gasteiger partial charge in [0, 0.05) is 37.3 Å². The summed E-state index contributed by atoms with van der Waals surface area (Å²) in [5.41, 5.74) is 5.89. The second-order valence-corrected chi connectivity index (χ2v) is 4.46. The minimum Gasteiger partial charge on any atom is -0.362 e. The third-order valence-electron chi connectivity index (χ3n) is 3.20. The van der Waals surface area contributed by atoms with Crippen molar-refractivity contribution in [2.24, 2.45) is 0 Å². The maximum atomic E-state index is 3.60. The number of nitrogens with one attached hydrogen (secondary N) is 2. The van der Waals surface area contributed by atoms with Crippen molar-refractivity contribution in [2.45, 2.75) is 39.5 Å². The fraction of sp³-hybridized carbons (Fsp3) is 0.571. The molecule has 2 aliphatic rings. The summed E-state index contributed by atoms with van der Waals surface area (Å²) in [6, 6.07) is 0. The van der Waals surface area contributed by atoms with Gasteiger partial charge in [0.1, 0.15) is 0 Å². The fourth-order valence-electron chi connectivity index (χ4n) is 2.49. The Bertz CT molecular complexity index is 348. The average Bonchev–Trinajstić information content (AvgIpc) is 2.30. The lowest BCUT2D eigenvalue weighted by atomic mass is 9.91. The van der Waals surface area contributed by atoms with Crippen LogP contribution in [0.2, 0.25) is 0 Å². The summed E-state index contributed by atoms with van der Waals surface area (Å²) in [4.78, 5) is 0. The molecule has 0 fully saturated rings. The summed E-state index contributed by atoms with van der Waals surface area (Å²) in [5, 5.41) is 7.07. The smallest absolute Gasteiger partial charge is 0.0225 e. The standard InChI is InChI=1S/C14H22N2/c1-3-5-11-9-12(6-4-2)16-14-7-8-15-10-13(11)14/h5-6,15-16H,3-4,7-10H2,1-2H3/b11-5+,12-6+. The van der Waals surface area contributed by atoms with E-state index < -0.39 is 0 Å². The van der Waals surface area contributed by atoms with Gasteiger partial charge in [-0.15, -0.1) is 0 Å². The molecule has 2 N–H and O–H groups in total. The lowest BCUT2D eigenvalue weighted by Gasteiger charge is -2.31. The van der Waals surface area contributed by atoms with Crippen molar-refractivity contribution in [2.75, 3.05) is 13.1 Å². The van der Waals surface area contributed by atoms with Gasteiger partial charge in [-0.2, -0.15) is 0 Å². The minimum absolute atomic E-state index is 1.04. The van der Waals surface area contributed by atoms with E-state index in [-0.39, 0.29) is 0 Å². The van der Waals surface area contributed by atoms with Crippen LogP contribution < -0.4 is 10.6 Å². The quantitative estimate of drug-likeness (QED) is 0.744. The molecule has 0 bridgehead atoms. The van der Waals surface area contributed by atoms with Crippen LogP contribution in [0.25, 0.3) is 0 Å². The molecule has 2 rings (SSSR count). The van der Waals surface area contributed by atoms with Crippen molar-refractivity contribution in [1.29, 1.82) is 0 Å². The molecule has 0 saturated carbocycles. The Kier molecular flexibility index (Phi) is 3.83. The van der Waals surface area contributed by atoms with E-state index in [0.717, 1.165) is 38.8 Å². The number of hydrogen-bond donors (Lipinski definition) is 2. The van der Waals surface area contributed by atoms with Crippen molar-refractivity contribution in [3.05, 3.63) is 34.7 Å². The van der Waals surface area contributed by atoms with Crippen LogP contribution in [0.4, 0.5) is 0 Å². The molecule has 2 aliphatic heterocycles. The van der Waals surface area contributed by atoms with Gasteiger partial charge >= 0.3 is 0 Å². The van der Waals surface area contributed by atoms with Crippen LogP contribution in [0.3, 0.4) is 0 Å². The largest absolute Gasteiger partial charge is 0.362 e. The summed E-state index contributed by atoms with van der Waals surface area (Å²) in [6.45, 7) is 6.55. The van der Waals surface area contributed by atoms with Gasteiger partial charge in [-0.25, -0.2) is 0 Å². The molecular formula is C14H22N2. The molecule has 2 heteroatoms. The maximum absolute atomic E-state index is 3.60. The van der Waals surface area contributed by atoms with E-state index in [9.17, 15) is 0 Å². The lowest BCUT2D eigenvalue weighted by molar-refractivity contribution is 0.626. The van der Waals surface area contributed by atoms with Gasteiger partial charge in [0.05, 0.1) is 0 Å². The summed E-state index contributed by atoms with van der Waals surface area (Å²) in [5.74, 6) is 0. The van der Waals surface area contributed by atoms with Gasteiger partial charge in [-0.05, 0) is 24.0 Å². The lowest BCUT2D eigenvalue weighted by Crippen LogP contribution is -2.34. The SMILES string of the molecule is CC/C=C1\C/C(=C\CC)C2=C(CCNC2)N1. The Morgan fingerprint density at radius 2 is 2.00 bits per heavy atom. The minimum atomic E-state index is 1.04. The highest BCUT2D eigenvalue weighted by atomic mass is 15.0. The third-order valence-corrected chi connectivity index (χ3v) is 3.20. The molecule has 88 valence electrons. The van der Waals surface area contributed by atoms with Gasteiger partial charge < -0.3 is 10.6 Å². The van der Waals surface area contributed by atoms with Crippen molar-refractivity contribution in [1.82, 2.24) is 10.6 Å². The van der Waals surface area contributed by atoms with Crippen molar-refractivity contribution in [3.63, 3.8) is 0 Å². The molecule has 0 aromatic heterocycles. The van der Waals surface area contributed by atoms with E-state index in [1.165, 1.54) is 22.5 Å². The monoisotopic (exact) mass is 218 g/mol. The molecule has 0 unspecified atom stereocenters. The zero-order valence-corrected chi connectivity index (χ0v) is 10.4. The van der Waals surface area contributed by atoms with E-state index in [0.29, 0.717) is 0 Å². The topological polar surface area (TPSA) is 24.1 Å². The highest BCUT2D eigenvalue weighted by Gasteiger charge is 2.21. The van der Waals surface area contributed by atoms with E-state index in [2.05, 4.69) is 36.6 Å². The second kappa shape index (κ2) is 5.35. The second-order valence-electron chi connectivity index (χ2n) is 4.46. The van der Waals surface area contributed by atoms with Crippen LogP contribution in [-0.2, 0) is 0 Å². The summed E-state index contributed by atoms with van der Waals surface area (Å²) in [6.07, 6.45) is 9.16. The number of rotatable bonds is 2. The normalized spacial score (nSPS) is 25.9. The molecule has 0 radical (unpaired) electrons. The molecule has 0 saturated heterocycles. The van der Waals surface area contributed by atoms with Crippen LogP contribution >= 0.6 is 0 Å². The highest BCUT2D eigenvalue weighted by molar-refractivity contribution is 5.44. The molecule has 0 spiro atoms. The van der Waals surface area contributed by atoms with Crippen molar-refractivity contribution < 1.29 is 0 Å². The third kappa shape index (κ3) is 2.38. The molecule has 2 nitrogen and oxygen atoms in total. The zero-order chi connectivity index (χ0) is 11.4. The van der Waals surface area contributed by atoms with Crippen LogP contribution in [0, 0.1) is 0 Å². The number of allylic oxidation sites excluding steroid dienone is 3. The fourth-order valence-corrected chi connectivity index (χ4v) is 2.49. The molecule has 0 amide bonds. The average molecular weight is 218 g/mol. The zero-order valence-electron chi connectivity index (χ0n) is 10.4. The van der Waals surface area contributed by atoms with E-state index in [1.54, 1.807) is 0 Å². The molecule has 16 heavy (non-hydrogen) atoms. The van der Waals surface area contributed by atoms with Gasteiger partial charge in [-0.3, -0.25) is 0 Å². The molecule has 2 heterocycles.